The molecule has 1 aromatic rings. The molecule has 1 fully saturated rings. The second-order valence-electron chi connectivity index (χ2n) is 8.98. The quantitative estimate of drug-likeness (QED) is 0.518. The zero-order valence-corrected chi connectivity index (χ0v) is 19.1. The van der Waals surface area contributed by atoms with Gasteiger partial charge in [0.25, 0.3) is 0 Å². The van der Waals surface area contributed by atoms with Crippen molar-refractivity contribution in [3.05, 3.63) is 29.8 Å². The average molecular weight is 434 g/mol. The Bertz CT molecular complexity index is 768. The average Bonchev–Trinajstić information content (AvgIpc) is 3.50. The molecule has 8 nitrogen and oxygen atoms in total. The molecule has 0 saturated heterocycles. The van der Waals surface area contributed by atoms with Crippen LogP contribution in [0.2, 0.25) is 0 Å². The monoisotopic (exact) mass is 433 g/mol. The maximum absolute atomic E-state index is 13.4. The van der Waals surface area contributed by atoms with Gasteiger partial charge in [-0.05, 0) is 64.7 Å². The number of benzene rings is 1. The van der Waals surface area contributed by atoms with Gasteiger partial charge in [0.05, 0.1) is 0 Å². The molecular formula is C23H35N3O5. The second-order valence-corrected chi connectivity index (χ2v) is 8.98. The van der Waals surface area contributed by atoms with Crippen LogP contribution < -0.4 is 10.6 Å². The number of alkyl carbamates (subject to hydrolysis) is 1. The number of carbonyl (C=O) groups is 3. The fraction of sp³-hybridized carbons (Fsp3) is 0.609. The van der Waals surface area contributed by atoms with Crippen LogP contribution in [0, 0.1) is 0 Å². The summed E-state index contributed by atoms with van der Waals surface area (Å²) in [6, 6.07) is 4.51. The predicted octanol–water partition coefficient (Wildman–Crippen LogP) is 3.25. The number of nitrogens with zero attached hydrogens (tertiary/aromatic N) is 1. The van der Waals surface area contributed by atoms with Crippen LogP contribution in [0.1, 0.15) is 71.9 Å². The normalized spacial score (nSPS) is 15.5. The van der Waals surface area contributed by atoms with Gasteiger partial charge in [-0.3, -0.25) is 9.59 Å². The zero-order valence-electron chi connectivity index (χ0n) is 19.1. The highest BCUT2D eigenvalue weighted by molar-refractivity contribution is 5.92. The minimum atomic E-state index is -0.862. The van der Waals surface area contributed by atoms with Crippen molar-refractivity contribution in [2.45, 2.75) is 84.0 Å². The molecule has 0 bridgehead atoms. The van der Waals surface area contributed by atoms with Crippen LogP contribution in [-0.4, -0.2) is 52.1 Å². The van der Waals surface area contributed by atoms with Crippen molar-refractivity contribution >= 4 is 17.9 Å². The Kier molecular flexibility index (Phi) is 8.30. The van der Waals surface area contributed by atoms with Crippen LogP contribution >= 0.6 is 0 Å². The summed E-state index contributed by atoms with van der Waals surface area (Å²) in [6.07, 6.45) is 2.68. The van der Waals surface area contributed by atoms with E-state index in [0.29, 0.717) is 12.1 Å². The number of phenolic OH excluding ortho intramolecular Hbond substituents is 1. The lowest BCUT2D eigenvalue weighted by Crippen LogP contribution is -2.52. The molecule has 1 aliphatic rings. The van der Waals surface area contributed by atoms with Gasteiger partial charge in [-0.2, -0.15) is 0 Å². The number of carbonyl (C=O) groups excluding carboxylic acids is 3. The largest absolute Gasteiger partial charge is 0.508 e. The molecule has 0 radical (unpaired) electrons. The fourth-order valence-corrected chi connectivity index (χ4v) is 3.22. The number of unbranched alkanes of at least 4 members (excludes halogenated alkanes) is 1. The Balaban J connectivity index is 2.26. The Morgan fingerprint density at radius 1 is 1.19 bits per heavy atom. The van der Waals surface area contributed by atoms with Gasteiger partial charge >= 0.3 is 6.09 Å². The lowest BCUT2D eigenvalue weighted by atomic mass is 10.0. The summed E-state index contributed by atoms with van der Waals surface area (Å²) < 4.78 is 5.26. The molecule has 2 rings (SSSR count). The number of aromatic hydroxyl groups is 1. The molecule has 2 unspecified atom stereocenters. The van der Waals surface area contributed by atoms with Gasteiger partial charge in [0.15, 0.2) is 0 Å². The Hall–Kier alpha value is -2.77. The topological polar surface area (TPSA) is 108 Å². The van der Waals surface area contributed by atoms with E-state index >= 15 is 0 Å². The van der Waals surface area contributed by atoms with Crippen LogP contribution in [0.15, 0.2) is 24.3 Å². The molecule has 2 atom stereocenters. The Morgan fingerprint density at radius 3 is 2.32 bits per heavy atom. The highest BCUT2D eigenvalue weighted by Gasteiger charge is 2.43. The van der Waals surface area contributed by atoms with E-state index in [2.05, 4.69) is 10.6 Å². The van der Waals surface area contributed by atoms with Crippen LogP contribution in [0.5, 0.6) is 5.75 Å². The van der Waals surface area contributed by atoms with Gasteiger partial charge in [-0.1, -0.05) is 25.5 Å². The lowest BCUT2D eigenvalue weighted by Gasteiger charge is -2.33. The zero-order chi connectivity index (χ0) is 23.2. The van der Waals surface area contributed by atoms with E-state index in [1.165, 1.54) is 12.1 Å². The first-order valence-electron chi connectivity index (χ1n) is 10.9. The van der Waals surface area contributed by atoms with E-state index in [1.54, 1.807) is 44.7 Å². The summed E-state index contributed by atoms with van der Waals surface area (Å²) in [4.78, 5) is 40.2. The van der Waals surface area contributed by atoms with E-state index in [9.17, 15) is 19.5 Å². The van der Waals surface area contributed by atoms with E-state index in [1.807, 2.05) is 6.92 Å². The number of nitrogens with one attached hydrogen (secondary N) is 2. The smallest absolute Gasteiger partial charge is 0.408 e. The SMILES string of the molecule is CCCCNC(=O)C(c1ccc(O)cc1)N(C(=O)C(C)NC(=O)OC(C)(C)C)C1CC1. The van der Waals surface area contributed by atoms with Crippen molar-refractivity contribution in [1.29, 1.82) is 0 Å². The minimum Gasteiger partial charge on any atom is -0.508 e. The molecule has 3 amide bonds. The summed E-state index contributed by atoms with van der Waals surface area (Å²) in [5, 5.41) is 15.2. The summed E-state index contributed by atoms with van der Waals surface area (Å²) in [7, 11) is 0. The fourth-order valence-electron chi connectivity index (χ4n) is 3.22. The number of ether oxygens (including phenoxy) is 1. The number of rotatable bonds is 9. The second kappa shape index (κ2) is 10.5. The highest BCUT2D eigenvalue weighted by atomic mass is 16.6. The molecule has 172 valence electrons. The first-order chi connectivity index (χ1) is 14.5. The number of hydrogen-bond acceptors (Lipinski definition) is 5. The third-order valence-electron chi connectivity index (χ3n) is 4.86. The molecule has 1 saturated carbocycles. The van der Waals surface area contributed by atoms with Crippen molar-refractivity contribution in [3.63, 3.8) is 0 Å². The third-order valence-corrected chi connectivity index (χ3v) is 4.86. The molecular weight excluding hydrogens is 398 g/mol. The third kappa shape index (κ3) is 7.45. The van der Waals surface area contributed by atoms with Crippen molar-refractivity contribution in [3.8, 4) is 5.75 Å². The van der Waals surface area contributed by atoms with Crippen molar-refractivity contribution in [1.82, 2.24) is 15.5 Å². The van der Waals surface area contributed by atoms with E-state index in [4.69, 9.17) is 4.74 Å². The van der Waals surface area contributed by atoms with Crippen LogP contribution in [0.25, 0.3) is 0 Å². The molecule has 0 aliphatic heterocycles. The van der Waals surface area contributed by atoms with Crippen molar-refractivity contribution in [2.24, 2.45) is 0 Å². The van der Waals surface area contributed by atoms with Gasteiger partial charge in [0.1, 0.15) is 23.4 Å². The molecule has 8 heteroatoms. The predicted molar refractivity (Wildman–Crippen MR) is 117 cm³/mol. The highest BCUT2D eigenvalue weighted by Crippen LogP contribution is 2.36. The van der Waals surface area contributed by atoms with Crippen LogP contribution in [0.3, 0.4) is 0 Å². The Morgan fingerprint density at radius 2 is 1.81 bits per heavy atom. The number of phenols is 1. The summed E-state index contributed by atoms with van der Waals surface area (Å²) in [5.74, 6) is -0.543. The van der Waals surface area contributed by atoms with E-state index in [-0.39, 0.29) is 23.6 Å². The molecule has 0 spiro atoms. The maximum atomic E-state index is 13.4. The summed E-state index contributed by atoms with van der Waals surface area (Å²) >= 11 is 0. The van der Waals surface area contributed by atoms with Crippen LogP contribution in [-0.2, 0) is 14.3 Å². The van der Waals surface area contributed by atoms with E-state index < -0.39 is 23.8 Å². The molecule has 0 aromatic heterocycles. The molecule has 0 heterocycles. The minimum absolute atomic E-state index is 0.0777. The van der Waals surface area contributed by atoms with Gasteiger partial charge in [-0.15, -0.1) is 0 Å². The van der Waals surface area contributed by atoms with Gasteiger partial charge in [0.2, 0.25) is 11.8 Å². The molecule has 31 heavy (non-hydrogen) atoms. The van der Waals surface area contributed by atoms with Crippen LogP contribution in [0.4, 0.5) is 4.79 Å². The van der Waals surface area contributed by atoms with Gasteiger partial charge < -0.3 is 25.4 Å². The van der Waals surface area contributed by atoms with Gasteiger partial charge in [0, 0.05) is 12.6 Å². The standard InChI is InChI=1S/C23H35N3O5/c1-6-7-14-24-20(28)19(16-8-12-18(27)13-9-16)26(17-10-11-17)21(29)15(2)25-22(30)31-23(3,4)5/h8-9,12-13,15,17,19,27H,6-7,10-11,14H2,1-5H3,(H,24,28)(H,25,30). The summed E-state index contributed by atoms with van der Waals surface area (Å²) in [5.41, 5.74) is -0.0759. The van der Waals surface area contributed by atoms with Crippen molar-refractivity contribution in [2.75, 3.05) is 6.54 Å². The molecule has 3 N–H and O–H groups in total. The first kappa shape index (κ1) is 24.5. The number of amides is 3. The van der Waals surface area contributed by atoms with Gasteiger partial charge in [-0.25, -0.2) is 4.79 Å². The maximum Gasteiger partial charge on any atom is 0.408 e. The summed E-state index contributed by atoms with van der Waals surface area (Å²) in [6.45, 7) is 9.38. The Labute approximate surface area is 184 Å². The molecule has 1 aliphatic carbocycles. The van der Waals surface area contributed by atoms with Crippen molar-refractivity contribution < 1.29 is 24.2 Å². The molecule has 1 aromatic carbocycles. The lowest BCUT2D eigenvalue weighted by molar-refractivity contribution is -0.142. The first-order valence-corrected chi connectivity index (χ1v) is 10.9. The van der Waals surface area contributed by atoms with E-state index in [0.717, 1.165) is 25.7 Å². The number of hydrogen-bond donors (Lipinski definition) is 3.